The number of benzene rings is 2. The standard InChI is InChI=1S/C16H13NO4S2/c1-23(20,21)12-5-2-10(3-6-12)16-17-13-7-4-11(14(19)9-18)8-15(13)22-16/h2-8,18H,9H2,1H3. The molecule has 23 heavy (non-hydrogen) atoms. The normalized spacial score (nSPS) is 11.7. The summed E-state index contributed by atoms with van der Waals surface area (Å²) >= 11 is 1.41. The van der Waals surface area contributed by atoms with Crippen LogP contribution in [0.25, 0.3) is 20.8 Å². The molecule has 0 saturated carbocycles. The Hall–Kier alpha value is -2.09. The molecule has 0 atom stereocenters. The van der Waals surface area contributed by atoms with E-state index in [0.717, 1.165) is 20.8 Å². The molecule has 0 radical (unpaired) electrons. The van der Waals surface area contributed by atoms with E-state index in [1.165, 1.54) is 17.6 Å². The molecule has 1 N–H and O–H groups in total. The number of ketones is 1. The van der Waals surface area contributed by atoms with Gasteiger partial charge in [-0.1, -0.05) is 12.1 Å². The van der Waals surface area contributed by atoms with Gasteiger partial charge in [-0.2, -0.15) is 0 Å². The zero-order valence-corrected chi connectivity index (χ0v) is 13.8. The number of sulfone groups is 1. The zero-order chi connectivity index (χ0) is 16.6. The fourth-order valence-electron chi connectivity index (χ4n) is 2.16. The Bertz CT molecular complexity index is 989. The fraction of sp³-hybridized carbons (Fsp3) is 0.125. The highest BCUT2D eigenvalue weighted by atomic mass is 32.2. The lowest BCUT2D eigenvalue weighted by Crippen LogP contribution is -2.03. The highest BCUT2D eigenvalue weighted by Gasteiger charge is 2.11. The van der Waals surface area contributed by atoms with Gasteiger partial charge in [0.25, 0.3) is 0 Å². The second-order valence-corrected chi connectivity index (χ2v) is 8.13. The number of thiazole rings is 1. The van der Waals surface area contributed by atoms with Gasteiger partial charge >= 0.3 is 0 Å². The summed E-state index contributed by atoms with van der Waals surface area (Å²) in [7, 11) is -3.22. The predicted molar refractivity (Wildman–Crippen MR) is 89.6 cm³/mol. The summed E-state index contributed by atoms with van der Waals surface area (Å²) < 4.78 is 23.8. The van der Waals surface area contributed by atoms with Crippen molar-refractivity contribution in [1.29, 1.82) is 0 Å². The highest BCUT2D eigenvalue weighted by molar-refractivity contribution is 7.90. The van der Waals surface area contributed by atoms with Gasteiger partial charge in [-0.15, -0.1) is 11.3 Å². The molecule has 2 aromatic carbocycles. The molecular weight excluding hydrogens is 334 g/mol. The van der Waals surface area contributed by atoms with E-state index in [1.807, 2.05) is 0 Å². The first-order chi connectivity index (χ1) is 10.9. The number of hydrogen-bond donors (Lipinski definition) is 1. The molecule has 3 rings (SSSR count). The molecule has 3 aromatic rings. The summed E-state index contributed by atoms with van der Waals surface area (Å²) in [5, 5.41) is 9.67. The third-order valence-electron chi connectivity index (χ3n) is 3.38. The van der Waals surface area contributed by atoms with Crippen molar-refractivity contribution in [2.45, 2.75) is 4.90 Å². The third-order valence-corrected chi connectivity index (χ3v) is 5.58. The van der Waals surface area contributed by atoms with E-state index in [9.17, 15) is 13.2 Å². The number of carbonyl (C=O) groups is 1. The van der Waals surface area contributed by atoms with Crippen LogP contribution in [0.4, 0.5) is 0 Å². The SMILES string of the molecule is CS(=O)(=O)c1ccc(-c2nc3ccc(C(=O)CO)cc3s2)cc1. The lowest BCUT2D eigenvalue weighted by atomic mass is 10.1. The van der Waals surface area contributed by atoms with Crippen LogP contribution in [0.2, 0.25) is 0 Å². The van der Waals surface area contributed by atoms with Crippen LogP contribution in [0.5, 0.6) is 0 Å². The van der Waals surface area contributed by atoms with Crippen molar-refractivity contribution in [1.82, 2.24) is 4.98 Å². The minimum atomic E-state index is -3.22. The second kappa shape index (κ2) is 5.84. The molecule has 0 unspecified atom stereocenters. The largest absolute Gasteiger partial charge is 0.388 e. The first kappa shape index (κ1) is 15.8. The van der Waals surface area contributed by atoms with Crippen LogP contribution in [0.3, 0.4) is 0 Å². The lowest BCUT2D eigenvalue weighted by molar-refractivity contribution is 0.0904. The van der Waals surface area contributed by atoms with Crippen molar-refractivity contribution in [2.24, 2.45) is 0 Å². The molecule has 7 heteroatoms. The van der Waals surface area contributed by atoms with Gasteiger partial charge in [0.15, 0.2) is 15.6 Å². The maximum atomic E-state index is 11.5. The Morgan fingerprint density at radius 1 is 1.17 bits per heavy atom. The predicted octanol–water partition coefficient (Wildman–Crippen LogP) is 2.54. The van der Waals surface area contributed by atoms with Gasteiger partial charge in [0.05, 0.1) is 15.1 Å². The first-order valence-corrected chi connectivity index (χ1v) is 9.44. The van der Waals surface area contributed by atoms with Crippen LogP contribution in [-0.4, -0.2) is 37.2 Å². The molecule has 1 aromatic heterocycles. The van der Waals surface area contributed by atoms with Gasteiger partial charge in [-0.3, -0.25) is 4.79 Å². The van der Waals surface area contributed by atoms with Crippen molar-refractivity contribution >= 4 is 37.2 Å². The van der Waals surface area contributed by atoms with Crippen LogP contribution >= 0.6 is 11.3 Å². The molecule has 118 valence electrons. The van der Waals surface area contributed by atoms with Crippen molar-refractivity contribution in [3.63, 3.8) is 0 Å². The number of aliphatic hydroxyl groups is 1. The van der Waals surface area contributed by atoms with E-state index >= 15 is 0 Å². The van der Waals surface area contributed by atoms with Crippen LogP contribution in [-0.2, 0) is 9.84 Å². The maximum absolute atomic E-state index is 11.5. The van der Waals surface area contributed by atoms with E-state index in [2.05, 4.69) is 4.98 Å². The molecule has 1 heterocycles. The van der Waals surface area contributed by atoms with Crippen LogP contribution in [0, 0.1) is 0 Å². The highest BCUT2D eigenvalue weighted by Crippen LogP contribution is 2.31. The minimum Gasteiger partial charge on any atom is -0.388 e. The lowest BCUT2D eigenvalue weighted by Gasteiger charge is -1.99. The van der Waals surface area contributed by atoms with Crippen LogP contribution in [0.15, 0.2) is 47.4 Å². The summed E-state index contributed by atoms with van der Waals surface area (Å²) in [6.07, 6.45) is 1.17. The van der Waals surface area contributed by atoms with E-state index in [1.54, 1.807) is 42.5 Å². The average molecular weight is 347 g/mol. The number of aliphatic hydroxyl groups excluding tert-OH is 1. The summed E-state index contributed by atoms with van der Waals surface area (Å²) in [4.78, 5) is 16.3. The Morgan fingerprint density at radius 2 is 1.87 bits per heavy atom. The van der Waals surface area contributed by atoms with Crippen molar-refractivity contribution < 1.29 is 18.3 Å². The summed E-state index contributed by atoms with van der Waals surface area (Å²) in [5.41, 5.74) is 2.02. The topological polar surface area (TPSA) is 84.3 Å². The second-order valence-electron chi connectivity index (χ2n) is 5.08. The average Bonchev–Trinajstić information content (AvgIpc) is 2.96. The van der Waals surface area contributed by atoms with Gasteiger partial charge in [0.1, 0.15) is 11.6 Å². The summed E-state index contributed by atoms with van der Waals surface area (Å²) in [6.45, 7) is -0.524. The first-order valence-electron chi connectivity index (χ1n) is 6.73. The number of aromatic nitrogens is 1. The van der Waals surface area contributed by atoms with Crippen LogP contribution in [0.1, 0.15) is 10.4 Å². The van der Waals surface area contributed by atoms with Gasteiger partial charge < -0.3 is 5.11 Å². The molecule has 0 amide bonds. The summed E-state index contributed by atoms with van der Waals surface area (Å²) in [5.74, 6) is -0.334. The number of carbonyl (C=O) groups excluding carboxylic acids is 1. The molecule has 0 aliphatic carbocycles. The third kappa shape index (κ3) is 3.17. The number of fused-ring (bicyclic) bond motifs is 1. The zero-order valence-electron chi connectivity index (χ0n) is 12.2. The number of nitrogens with zero attached hydrogens (tertiary/aromatic N) is 1. The molecule has 0 spiro atoms. The fourth-order valence-corrected chi connectivity index (χ4v) is 3.80. The Labute approximate surface area is 137 Å². The van der Waals surface area contributed by atoms with Gasteiger partial charge in [0, 0.05) is 17.4 Å². The maximum Gasteiger partial charge on any atom is 0.188 e. The Balaban J connectivity index is 2.02. The molecule has 0 aliphatic rings. The smallest absolute Gasteiger partial charge is 0.188 e. The van der Waals surface area contributed by atoms with Gasteiger partial charge in [-0.05, 0) is 30.3 Å². The van der Waals surface area contributed by atoms with Gasteiger partial charge in [0.2, 0.25) is 0 Å². The monoisotopic (exact) mass is 347 g/mol. The molecule has 0 saturated heterocycles. The molecule has 5 nitrogen and oxygen atoms in total. The van der Waals surface area contributed by atoms with E-state index in [0.29, 0.717) is 5.56 Å². The molecule has 0 bridgehead atoms. The minimum absolute atomic E-state index is 0.262. The van der Waals surface area contributed by atoms with Crippen molar-refractivity contribution in [3.05, 3.63) is 48.0 Å². The number of rotatable bonds is 4. The Morgan fingerprint density at radius 3 is 2.48 bits per heavy atom. The number of Topliss-reactive ketones (excluding diaryl/α,β-unsaturated/α-hetero) is 1. The quantitative estimate of drug-likeness (QED) is 0.733. The van der Waals surface area contributed by atoms with Gasteiger partial charge in [-0.25, -0.2) is 13.4 Å². The van der Waals surface area contributed by atoms with Crippen molar-refractivity contribution in [3.8, 4) is 10.6 Å². The summed E-state index contributed by atoms with van der Waals surface area (Å²) in [6, 6.07) is 11.6. The van der Waals surface area contributed by atoms with E-state index < -0.39 is 16.4 Å². The van der Waals surface area contributed by atoms with Crippen LogP contribution < -0.4 is 0 Å². The molecular formula is C16H13NO4S2. The van der Waals surface area contributed by atoms with Crippen molar-refractivity contribution in [2.75, 3.05) is 12.9 Å². The van der Waals surface area contributed by atoms with E-state index in [-0.39, 0.29) is 10.7 Å². The number of hydrogen-bond acceptors (Lipinski definition) is 6. The molecule has 0 aliphatic heterocycles. The Kier molecular flexibility index (Phi) is 4.01. The molecule has 0 fully saturated rings. The van der Waals surface area contributed by atoms with E-state index in [4.69, 9.17) is 5.11 Å².